The maximum Gasteiger partial charge on any atom is 0.316 e. The minimum Gasteiger partial charge on any atom is -0.481 e. The number of carboxylic acids is 1. The van der Waals surface area contributed by atoms with E-state index < -0.39 is 22.5 Å². The first kappa shape index (κ1) is 17.5. The third-order valence-electron chi connectivity index (χ3n) is 2.52. The van der Waals surface area contributed by atoms with Crippen molar-refractivity contribution in [3.63, 3.8) is 0 Å². The molecule has 8 heteroatoms. The quantitative estimate of drug-likeness (QED) is 0.649. The fraction of sp³-hybridized carbons (Fsp3) is 0.0714. The highest BCUT2D eigenvalue weighted by Gasteiger charge is 2.14. The molecule has 1 N–H and O–H groups in total. The maximum atomic E-state index is 12.0. The van der Waals surface area contributed by atoms with Crippen LogP contribution in [0.5, 0.6) is 11.5 Å². The fourth-order valence-electron chi connectivity index (χ4n) is 1.60. The topological polar surface area (TPSA) is 63.6 Å². The van der Waals surface area contributed by atoms with Crippen LogP contribution in [0.25, 0.3) is 0 Å². The van der Waals surface area contributed by atoms with E-state index in [2.05, 4.69) is 0 Å². The van der Waals surface area contributed by atoms with Gasteiger partial charge >= 0.3 is 5.97 Å². The highest BCUT2D eigenvalue weighted by atomic mass is 127. The second kappa shape index (κ2) is 7.63. The van der Waals surface area contributed by atoms with Crippen molar-refractivity contribution >= 4 is 62.6 Å². The highest BCUT2D eigenvalue weighted by Crippen LogP contribution is 2.33. The molecule has 0 heterocycles. The molecule has 4 nitrogen and oxygen atoms in total. The van der Waals surface area contributed by atoms with Crippen LogP contribution in [-0.4, -0.2) is 21.0 Å². The number of ether oxygens (including phenoxy) is 1. The van der Waals surface area contributed by atoms with Gasteiger partial charge in [0.05, 0.1) is 20.7 Å². The van der Waals surface area contributed by atoms with Crippen molar-refractivity contribution in [2.75, 3.05) is 5.75 Å². The molecule has 22 heavy (non-hydrogen) atoms. The number of hydrogen-bond donors (Lipinski definition) is 1. The Morgan fingerprint density at radius 1 is 1.23 bits per heavy atom. The van der Waals surface area contributed by atoms with E-state index in [4.69, 9.17) is 33.0 Å². The molecule has 0 aliphatic rings. The van der Waals surface area contributed by atoms with E-state index >= 15 is 0 Å². The van der Waals surface area contributed by atoms with E-state index in [1.165, 1.54) is 0 Å². The summed E-state index contributed by atoms with van der Waals surface area (Å²) in [5.74, 6) is -0.761. The second-order valence-electron chi connectivity index (χ2n) is 4.15. The summed E-state index contributed by atoms with van der Waals surface area (Å²) >= 11 is 13.8. The molecule has 2 aromatic carbocycles. The summed E-state index contributed by atoms with van der Waals surface area (Å²) < 4.78 is 18.4. The Morgan fingerprint density at radius 2 is 1.95 bits per heavy atom. The Labute approximate surface area is 153 Å². The van der Waals surface area contributed by atoms with Gasteiger partial charge in [-0.2, -0.15) is 0 Å². The highest BCUT2D eigenvalue weighted by molar-refractivity contribution is 14.1. The predicted molar refractivity (Wildman–Crippen MR) is 94.6 cm³/mol. The molecule has 0 aromatic heterocycles. The minimum absolute atomic E-state index is 0.347. The van der Waals surface area contributed by atoms with Gasteiger partial charge < -0.3 is 9.84 Å². The molecule has 0 aliphatic carbocycles. The van der Waals surface area contributed by atoms with Gasteiger partial charge in [0.25, 0.3) is 0 Å². The van der Waals surface area contributed by atoms with E-state index in [9.17, 15) is 9.00 Å². The average molecular weight is 471 g/mol. The molecule has 0 spiro atoms. The van der Waals surface area contributed by atoms with Crippen molar-refractivity contribution in [3.8, 4) is 11.5 Å². The molecule has 0 fully saturated rings. The van der Waals surface area contributed by atoms with E-state index in [1.54, 1.807) is 36.4 Å². The normalized spacial score (nSPS) is 12.0. The molecule has 0 aliphatic heterocycles. The van der Waals surface area contributed by atoms with Gasteiger partial charge in [0.1, 0.15) is 17.3 Å². The molecular weight excluding hydrogens is 462 g/mol. The summed E-state index contributed by atoms with van der Waals surface area (Å²) in [6, 6.07) is 9.75. The molecule has 2 aromatic rings. The van der Waals surface area contributed by atoms with E-state index in [0.717, 1.165) is 0 Å². The predicted octanol–water partition coefficient (Wildman–Crippen LogP) is 4.58. The molecular formula is C14H9Cl2IO4S. The molecule has 0 bridgehead atoms. The summed E-state index contributed by atoms with van der Waals surface area (Å²) in [4.78, 5) is 11.1. The molecule has 2 rings (SSSR count). The van der Waals surface area contributed by atoms with E-state index in [0.29, 0.717) is 30.0 Å². The first-order chi connectivity index (χ1) is 10.4. The lowest BCUT2D eigenvalue weighted by molar-refractivity contribution is -0.133. The van der Waals surface area contributed by atoms with E-state index in [-0.39, 0.29) is 0 Å². The molecule has 0 radical (unpaired) electrons. The van der Waals surface area contributed by atoms with Crippen molar-refractivity contribution in [2.45, 2.75) is 4.90 Å². The first-order valence-electron chi connectivity index (χ1n) is 5.89. The molecule has 0 saturated carbocycles. The number of aliphatic carboxylic acids is 1. The van der Waals surface area contributed by atoms with Crippen LogP contribution in [0, 0.1) is 3.57 Å². The zero-order valence-electron chi connectivity index (χ0n) is 10.9. The van der Waals surface area contributed by atoms with Gasteiger partial charge in [0, 0.05) is 8.59 Å². The van der Waals surface area contributed by atoms with Crippen molar-refractivity contribution in [1.29, 1.82) is 0 Å². The van der Waals surface area contributed by atoms with Gasteiger partial charge in [0.15, 0.2) is 0 Å². The first-order valence-corrected chi connectivity index (χ1v) is 9.05. The second-order valence-corrected chi connectivity index (χ2v) is 7.58. The van der Waals surface area contributed by atoms with Crippen LogP contribution in [0.3, 0.4) is 0 Å². The van der Waals surface area contributed by atoms with Crippen LogP contribution in [0.15, 0.2) is 41.3 Å². The van der Waals surface area contributed by atoms with Crippen LogP contribution < -0.4 is 4.74 Å². The smallest absolute Gasteiger partial charge is 0.316 e. The number of rotatable bonds is 5. The third-order valence-corrected chi connectivity index (χ3v) is 5.70. The number of benzene rings is 2. The number of carboxylic acid groups (broad SMARTS) is 1. The van der Waals surface area contributed by atoms with E-state index in [1.807, 2.05) is 22.6 Å². The zero-order chi connectivity index (χ0) is 16.3. The van der Waals surface area contributed by atoms with Crippen LogP contribution in [0.4, 0.5) is 0 Å². The Morgan fingerprint density at radius 3 is 2.59 bits per heavy atom. The molecule has 1 atom stereocenters. The summed E-state index contributed by atoms with van der Waals surface area (Å²) in [5, 5.41) is 9.58. The van der Waals surface area contributed by atoms with Crippen LogP contribution >= 0.6 is 45.8 Å². The maximum absolute atomic E-state index is 12.0. The summed E-state index contributed by atoms with van der Waals surface area (Å²) in [5.41, 5.74) is 0. The molecule has 1 unspecified atom stereocenters. The number of carbonyl (C=O) groups is 1. The lowest BCUT2D eigenvalue weighted by atomic mass is 10.3. The van der Waals surface area contributed by atoms with Crippen LogP contribution in [0.1, 0.15) is 0 Å². The van der Waals surface area contributed by atoms with Gasteiger partial charge in [0.2, 0.25) is 0 Å². The monoisotopic (exact) mass is 470 g/mol. The molecule has 116 valence electrons. The Kier molecular flexibility index (Phi) is 6.08. The van der Waals surface area contributed by atoms with Gasteiger partial charge in [-0.1, -0.05) is 23.2 Å². The molecule has 0 amide bonds. The van der Waals surface area contributed by atoms with Gasteiger partial charge in [-0.15, -0.1) is 0 Å². The van der Waals surface area contributed by atoms with Crippen LogP contribution in [-0.2, 0) is 15.6 Å². The summed E-state index contributed by atoms with van der Waals surface area (Å²) in [6.07, 6.45) is 0. The Balaban J connectivity index is 2.29. The third kappa shape index (κ3) is 4.58. The lowest BCUT2D eigenvalue weighted by Gasteiger charge is -2.10. The van der Waals surface area contributed by atoms with Crippen molar-refractivity contribution < 1.29 is 18.8 Å². The molecule has 0 saturated heterocycles. The van der Waals surface area contributed by atoms with Crippen molar-refractivity contribution in [1.82, 2.24) is 0 Å². The van der Waals surface area contributed by atoms with Gasteiger partial charge in [-0.05, 0) is 59.0 Å². The standard InChI is InChI=1S/C14H9Cl2IO4S/c15-8-1-4-12(10(16)5-8)21-9-2-3-11(17)13(6-9)22(20)7-14(18)19/h1-6H,7H2,(H,18,19). The van der Waals surface area contributed by atoms with Crippen molar-refractivity contribution in [2.24, 2.45) is 0 Å². The number of halogens is 3. The van der Waals surface area contributed by atoms with Crippen molar-refractivity contribution in [3.05, 3.63) is 50.0 Å². The summed E-state index contributed by atoms with van der Waals surface area (Å²) in [7, 11) is -1.64. The Bertz CT molecular complexity index is 752. The van der Waals surface area contributed by atoms with Gasteiger partial charge in [-0.3, -0.25) is 9.00 Å². The van der Waals surface area contributed by atoms with Gasteiger partial charge in [-0.25, -0.2) is 0 Å². The fourth-order valence-corrected chi connectivity index (χ4v) is 4.03. The summed E-state index contributed by atoms with van der Waals surface area (Å²) in [6.45, 7) is 0. The van der Waals surface area contributed by atoms with Crippen LogP contribution in [0.2, 0.25) is 10.0 Å². The Hall–Kier alpha value is -0.830. The zero-order valence-corrected chi connectivity index (χ0v) is 15.4. The lowest BCUT2D eigenvalue weighted by Crippen LogP contribution is -2.10. The SMILES string of the molecule is O=C(O)CS(=O)c1cc(Oc2ccc(Cl)cc2Cl)ccc1I. The minimum atomic E-state index is -1.64. The largest absolute Gasteiger partial charge is 0.481 e. The average Bonchev–Trinajstić information content (AvgIpc) is 2.43. The number of hydrogen-bond acceptors (Lipinski definition) is 3.